The van der Waals surface area contributed by atoms with E-state index in [1.54, 1.807) is 0 Å². The number of carbonyl (C=O) groups is 1. The Morgan fingerprint density at radius 1 is 1.39 bits per heavy atom. The number of rotatable bonds is 6. The van der Waals surface area contributed by atoms with E-state index in [1.807, 2.05) is 13.0 Å². The fourth-order valence-electron chi connectivity index (χ4n) is 3.61. The van der Waals surface area contributed by atoms with Crippen molar-refractivity contribution in [3.8, 4) is 0 Å². The van der Waals surface area contributed by atoms with E-state index in [0.717, 1.165) is 31.7 Å². The molecule has 1 saturated carbocycles. The summed E-state index contributed by atoms with van der Waals surface area (Å²) < 4.78 is 5.40. The average Bonchev–Trinajstić information content (AvgIpc) is 2.60. The van der Waals surface area contributed by atoms with Crippen molar-refractivity contribution in [1.82, 2.24) is 10.2 Å². The molecule has 1 saturated heterocycles. The van der Waals surface area contributed by atoms with Crippen molar-refractivity contribution >= 4 is 17.9 Å². The second-order valence-electron chi connectivity index (χ2n) is 6.78. The summed E-state index contributed by atoms with van der Waals surface area (Å²) >= 11 is 1.41. The predicted molar refractivity (Wildman–Crippen MR) is 97.1 cm³/mol. The van der Waals surface area contributed by atoms with E-state index < -0.39 is 0 Å². The molecule has 1 heterocycles. The number of hydrogen-bond donors (Lipinski definition) is 1. The predicted octanol–water partition coefficient (Wildman–Crippen LogP) is 3.73. The molecule has 2 atom stereocenters. The Kier molecular flexibility index (Phi) is 7.93. The molecule has 2 unspecified atom stereocenters. The fourth-order valence-corrected chi connectivity index (χ4v) is 4.38. The molecular weight excluding hydrogens is 308 g/mol. The minimum absolute atomic E-state index is 0.0844. The van der Waals surface area contributed by atoms with Gasteiger partial charge in [-0.1, -0.05) is 26.2 Å². The Hall–Kier alpha value is -0.520. The fraction of sp³-hybridized carbons (Fsp3) is 0.833. The zero-order valence-electron chi connectivity index (χ0n) is 14.8. The molecule has 0 aromatic heterocycles. The highest BCUT2D eigenvalue weighted by molar-refractivity contribution is 7.95. The number of amides is 1. The van der Waals surface area contributed by atoms with Gasteiger partial charge in [0.1, 0.15) is 0 Å². The van der Waals surface area contributed by atoms with Gasteiger partial charge >= 0.3 is 0 Å². The number of carbonyl (C=O) groups excluding carboxylic acids is 1. The highest BCUT2D eigenvalue weighted by Gasteiger charge is 2.28. The molecule has 2 fully saturated rings. The third-order valence-corrected chi connectivity index (χ3v) is 5.80. The summed E-state index contributed by atoms with van der Waals surface area (Å²) in [6.07, 6.45) is 9.55. The Balaban J connectivity index is 2.02. The van der Waals surface area contributed by atoms with Crippen molar-refractivity contribution in [2.75, 3.05) is 19.7 Å². The molecule has 2 rings (SSSR count). The van der Waals surface area contributed by atoms with Crippen LogP contribution in [-0.2, 0) is 8.98 Å². The van der Waals surface area contributed by atoms with Gasteiger partial charge in [0.25, 0.3) is 0 Å². The lowest BCUT2D eigenvalue weighted by Crippen LogP contribution is -2.44. The standard InChI is InChI=1S/C18H32N2O2S/c1-4-11-20(15(3)16-8-6-5-7-9-16)18(21)14(2)13-17-19-10-12-22-23-17/h13,15-17,19H,4-12H2,1-3H3/b14-13+. The van der Waals surface area contributed by atoms with Crippen LogP contribution in [0.5, 0.6) is 0 Å². The van der Waals surface area contributed by atoms with Crippen LogP contribution < -0.4 is 5.32 Å². The lowest BCUT2D eigenvalue weighted by atomic mass is 9.83. The molecule has 0 aromatic carbocycles. The van der Waals surface area contributed by atoms with Gasteiger partial charge in [-0.3, -0.25) is 10.1 Å². The van der Waals surface area contributed by atoms with Gasteiger partial charge in [-0.2, -0.15) is 0 Å². The van der Waals surface area contributed by atoms with Crippen molar-refractivity contribution in [1.29, 1.82) is 0 Å². The van der Waals surface area contributed by atoms with E-state index in [-0.39, 0.29) is 11.3 Å². The van der Waals surface area contributed by atoms with Gasteiger partial charge in [-0.25, -0.2) is 0 Å². The number of nitrogens with zero attached hydrogens (tertiary/aromatic N) is 1. The largest absolute Gasteiger partial charge is 0.336 e. The molecule has 23 heavy (non-hydrogen) atoms. The smallest absolute Gasteiger partial charge is 0.249 e. The maximum atomic E-state index is 13.0. The first kappa shape index (κ1) is 18.8. The molecule has 1 aliphatic heterocycles. The summed E-state index contributed by atoms with van der Waals surface area (Å²) in [4.78, 5) is 15.1. The Bertz CT molecular complexity index is 402. The molecule has 5 heteroatoms. The second kappa shape index (κ2) is 9.70. The lowest BCUT2D eigenvalue weighted by Gasteiger charge is -2.37. The number of nitrogens with one attached hydrogen (secondary N) is 1. The van der Waals surface area contributed by atoms with E-state index >= 15 is 0 Å². The summed E-state index contributed by atoms with van der Waals surface area (Å²) in [6.45, 7) is 8.75. The van der Waals surface area contributed by atoms with Gasteiger partial charge < -0.3 is 9.08 Å². The molecule has 2 aliphatic rings. The maximum absolute atomic E-state index is 13.0. The Morgan fingerprint density at radius 2 is 2.13 bits per heavy atom. The molecule has 4 nitrogen and oxygen atoms in total. The molecule has 0 radical (unpaired) electrons. The summed E-state index contributed by atoms with van der Waals surface area (Å²) in [6, 6.07) is 0.342. The van der Waals surface area contributed by atoms with Crippen LogP contribution in [0.2, 0.25) is 0 Å². The van der Waals surface area contributed by atoms with Crippen LogP contribution in [-0.4, -0.2) is 41.9 Å². The monoisotopic (exact) mass is 340 g/mol. The van der Waals surface area contributed by atoms with Crippen LogP contribution in [0.15, 0.2) is 11.6 Å². The van der Waals surface area contributed by atoms with E-state index in [4.69, 9.17) is 4.18 Å². The maximum Gasteiger partial charge on any atom is 0.249 e. The van der Waals surface area contributed by atoms with Crippen molar-refractivity contribution in [2.24, 2.45) is 5.92 Å². The minimum Gasteiger partial charge on any atom is -0.336 e. The molecule has 1 aliphatic carbocycles. The summed E-state index contributed by atoms with van der Waals surface area (Å²) in [5.74, 6) is 0.857. The minimum atomic E-state index is 0.0844. The molecule has 0 spiro atoms. The van der Waals surface area contributed by atoms with Crippen LogP contribution >= 0.6 is 12.0 Å². The SMILES string of the molecule is CCCN(C(=O)/C(C)=C/C1NCCOS1)C(C)C1CCCCC1. The van der Waals surface area contributed by atoms with Gasteiger partial charge in [0, 0.05) is 36.7 Å². The highest BCUT2D eigenvalue weighted by Crippen LogP contribution is 2.29. The topological polar surface area (TPSA) is 41.6 Å². The second-order valence-corrected chi connectivity index (χ2v) is 7.72. The van der Waals surface area contributed by atoms with Gasteiger partial charge in [-0.05, 0) is 45.1 Å². The molecule has 132 valence electrons. The first-order valence-corrected chi connectivity index (χ1v) is 9.95. The van der Waals surface area contributed by atoms with Crippen molar-refractivity contribution in [3.63, 3.8) is 0 Å². The molecular formula is C18H32N2O2S. The van der Waals surface area contributed by atoms with E-state index in [0.29, 0.717) is 12.0 Å². The third kappa shape index (κ3) is 5.50. The van der Waals surface area contributed by atoms with Crippen LogP contribution in [0.3, 0.4) is 0 Å². The zero-order valence-corrected chi connectivity index (χ0v) is 15.7. The van der Waals surface area contributed by atoms with E-state index in [9.17, 15) is 4.79 Å². The van der Waals surface area contributed by atoms with Gasteiger partial charge in [0.05, 0.1) is 12.0 Å². The Morgan fingerprint density at radius 3 is 2.74 bits per heavy atom. The van der Waals surface area contributed by atoms with Crippen LogP contribution in [0.1, 0.15) is 59.3 Å². The van der Waals surface area contributed by atoms with Crippen LogP contribution in [0, 0.1) is 5.92 Å². The van der Waals surface area contributed by atoms with Crippen molar-refractivity contribution in [2.45, 2.75) is 70.7 Å². The quantitative estimate of drug-likeness (QED) is 0.591. The first-order valence-electron chi connectivity index (χ1n) is 9.14. The van der Waals surface area contributed by atoms with Crippen LogP contribution in [0.25, 0.3) is 0 Å². The molecule has 0 aromatic rings. The highest BCUT2D eigenvalue weighted by atomic mass is 32.2. The molecule has 1 N–H and O–H groups in total. The van der Waals surface area contributed by atoms with Crippen molar-refractivity contribution < 1.29 is 8.98 Å². The van der Waals surface area contributed by atoms with E-state index in [2.05, 4.69) is 24.1 Å². The van der Waals surface area contributed by atoms with E-state index in [1.165, 1.54) is 44.1 Å². The Labute approximate surface area is 145 Å². The van der Waals surface area contributed by atoms with Gasteiger partial charge in [0.15, 0.2) is 0 Å². The summed E-state index contributed by atoms with van der Waals surface area (Å²) in [5.41, 5.74) is 0.830. The molecule has 1 amide bonds. The van der Waals surface area contributed by atoms with Crippen molar-refractivity contribution in [3.05, 3.63) is 11.6 Å². The summed E-state index contributed by atoms with van der Waals surface area (Å²) in [7, 11) is 0. The van der Waals surface area contributed by atoms with Gasteiger partial charge in [-0.15, -0.1) is 0 Å². The molecule has 0 bridgehead atoms. The number of hydrogen-bond acceptors (Lipinski definition) is 4. The van der Waals surface area contributed by atoms with Gasteiger partial charge in [0.2, 0.25) is 5.91 Å². The zero-order chi connectivity index (χ0) is 16.7. The normalized spacial score (nSPS) is 25.2. The lowest BCUT2D eigenvalue weighted by molar-refractivity contribution is -0.130. The summed E-state index contributed by atoms with van der Waals surface area (Å²) in [5, 5.41) is 3.44. The first-order chi connectivity index (χ1) is 11.1. The average molecular weight is 341 g/mol. The third-order valence-electron chi connectivity index (χ3n) is 4.99. The van der Waals surface area contributed by atoms with Crippen LogP contribution in [0.4, 0.5) is 0 Å².